The summed E-state index contributed by atoms with van der Waals surface area (Å²) >= 11 is 0. The van der Waals surface area contributed by atoms with E-state index < -0.39 is 0 Å². The van der Waals surface area contributed by atoms with E-state index >= 15 is 0 Å². The molecule has 7 heteroatoms. The Labute approximate surface area is 148 Å². The van der Waals surface area contributed by atoms with E-state index in [2.05, 4.69) is 10.6 Å². The Morgan fingerprint density at radius 3 is 2.16 bits per heavy atom. The zero-order valence-electron chi connectivity index (χ0n) is 15.3. The third kappa shape index (κ3) is 4.78. The Morgan fingerprint density at radius 1 is 1.12 bits per heavy atom. The summed E-state index contributed by atoms with van der Waals surface area (Å²) in [5.41, 5.74) is 0.396. The molecule has 2 N–H and O–H groups in total. The van der Waals surface area contributed by atoms with Crippen LogP contribution in [0.15, 0.2) is 18.2 Å². The van der Waals surface area contributed by atoms with Gasteiger partial charge in [0.15, 0.2) is 0 Å². The van der Waals surface area contributed by atoms with Gasteiger partial charge in [-0.15, -0.1) is 0 Å². The number of ether oxygens (including phenoxy) is 2. The smallest absolute Gasteiger partial charge is 0.317 e. The van der Waals surface area contributed by atoms with Crippen LogP contribution in [0.25, 0.3) is 0 Å². The fraction of sp³-hybridized carbons (Fsp3) is 0.556. The van der Waals surface area contributed by atoms with Crippen LogP contribution < -0.4 is 20.1 Å². The zero-order valence-corrected chi connectivity index (χ0v) is 15.3. The number of rotatable bonds is 5. The average molecular weight is 349 g/mol. The predicted octanol–water partition coefficient (Wildman–Crippen LogP) is 2.02. The van der Waals surface area contributed by atoms with Gasteiger partial charge in [0.2, 0.25) is 0 Å². The van der Waals surface area contributed by atoms with Gasteiger partial charge in [-0.05, 0) is 38.8 Å². The summed E-state index contributed by atoms with van der Waals surface area (Å²) < 4.78 is 10.6. The molecule has 1 heterocycles. The van der Waals surface area contributed by atoms with E-state index in [1.807, 2.05) is 13.8 Å². The summed E-state index contributed by atoms with van der Waals surface area (Å²) in [7, 11) is 3.05. The lowest BCUT2D eigenvalue weighted by Crippen LogP contribution is -2.50. The van der Waals surface area contributed by atoms with Gasteiger partial charge >= 0.3 is 6.03 Å². The van der Waals surface area contributed by atoms with Crippen molar-refractivity contribution in [3.63, 3.8) is 0 Å². The molecule has 0 unspecified atom stereocenters. The van der Waals surface area contributed by atoms with Crippen molar-refractivity contribution in [1.29, 1.82) is 0 Å². The van der Waals surface area contributed by atoms with Gasteiger partial charge in [-0.3, -0.25) is 4.79 Å². The van der Waals surface area contributed by atoms with Crippen molar-refractivity contribution in [3.05, 3.63) is 23.8 Å². The highest BCUT2D eigenvalue weighted by Crippen LogP contribution is 2.28. The first-order chi connectivity index (χ1) is 12.0. The molecule has 0 radical (unpaired) electrons. The maximum Gasteiger partial charge on any atom is 0.317 e. The van der Waals surface area contributed by atoms with Crippen LogP contribution in [0.5, 0.6) is 11.5 Å². The summed E-state index contributed by atoms with van der Waals surface area (Å²) in [6.07, 6.45) is 1.43. The number of hydrogen-bond donors (Lipinski definition) is 2. The van der Waals surface area contributed by atoms with Crippen LogP contribution >= 0.6 is 0 Å². The molecule has 0 bridgehead atoms. The van der Waals surface area contributed by atoms with Gasteiger partial charge in [0, 0.05) is 25.2 Å². The summed E-state index contributed by atoms with van der Waals surface area (Å²) in [4.78, 5) is 26.5. The Bertz CT molecular complexity index is 588. The molecule has 0 atom stereocenters. The largest absolute Gasteiger partial charge is 0.496 e. The summed E-state index contributed by atoms with van der Waals surface area (Å²) in [6, 6.07) is 5.33. The van der Waals surface area contributed by atoms with Gasteiger partial charge in [0.05, 0.1) is 14.2 Å². The van der Waals surface area contributed by atoms with Crippen molar-refractivity contribution in [2.45, 2.75) is 38.8 Å². The third-order valence-electron chi connectivity index (χ3n) is 4.18. The van der Waals surface area contributed by atoms with E-state index in [0.29, 0.717) is 43.0 Å². The molecule has 138 valence electrons. The topological polar surface area (TPSA) is 79.9 Å². The monoisotopic (exact) mass is 349 g/mol. The lowest BCUT2D eigenvalue weighted by atomic mass is 10.0. The molecule has 7 nitrogen and oxygen atoms in total. The van der Waals surface area contributed by atoms with Crippen LogP contribution in [0.2, 0.25) is 0 Å². The minimum atomic E-state index is -0.223. The van der Waals surface area contributed by atoms with Gasteiger partial charge in [0.1, 0.15) is 17.1 Å². The first-order valence-electron chi connectivity index (χ1n) is 8.53. The molecule has 1 saturated heterocycles. The van der Waals surface area contributed by atoms with Crippen molar-refractivity contribution in [1.82, 2.24) is 15.5 Å². The van der Waals surface area contributed by atoms with Crippen LogP contribution in [0, 0.1) is 0 Å². The Morgan fingerprint density at radius 2 is 1.68 bits per heavy atom. The van der Waals surface area contributed by atoms with E-state index in [4.69, 9.17) is 9.47 Å². The highest BCUT2D eigenvalue weighted by Gasteiger charge is 2.26. The molecule has 1 fully saturated rings. The van der Waals surface area contributed by atoms with E-state index in [9.17, 15) is 9.59 Å². The standard InChI is InChI=1S/C18H27N3O4/c1-12(2)19-18(23)21-10-8-13(9-11-21)20-17(22)16-14(24-3)6-5-7-15(16)25-4/h5-7,12-13H,8-11H2,1-4H3,(H,19,23)(H,20,22). The normalized spacial score (nSPS) is 15.0. The SMILES string of the molecule is COc1cccc(OC)c1C(=O)NC1CCN(C(=O)NC(C)C)CC1. The highest BCUT2D eigenvalue weighted by atomic mass is 16.5. The fourth-order valence-corrected chi connectivity index (χ4v) is 2.90. The van der Waals surface area contributed by atoms with E-state index in [1.165, 1.54) is 14.2 Å². The highest BCUT2D eigenvalue weighted by molar-refractivity contribution is 5.99. The molecule has 3 amide bonds. The molecular weight excluding hydrogens is 322 g/mol. The maximum absolute atomic E-state index is 12.7. The van der Waals surface area contributed by atoms with Crippen LogP contribution in [0.3, 0.4) is 0 Å². The lowest BCUT2D eigenvalue weighted by Gasteiger charge is -2.33. The number of piperidine rings is 1. The molecule has 1 aliphatic heterocycles. The quantitative estimate of drug-likeness (QED) is 0.852. The van der Waals surface area contributed by atoms with E-state index in [0.717, 1.165) is 0 Å². The van der Waals surface area contributed by atoms with Crippen LogP contribution in [0.1, 0.15) is 37.0 Å². The second-order valence-corrected chi connectivity index (χ2v) is 6.38. The summed E-state index contributed by atoms with van der Waals surface area (Å²) in [5, 5.41) is 5.92. The van der Waals surface area contributed by atoms with Gasteiger partial charge in [-0.2, -0.15) is 0 Å². The zero-order chi connectivity index (χ0) is 18.4. The van der Waals surface area contributed by atoms with Crippen molar-refractivity contribution >= 4 is 11.9 Å². The molecule has 0 aromatic heterocycles. The van der Waals surface area contributed by atoms with Gasteiger partial charge in [-0.1, -0.05) is 6.07 Å². The molecule has 0 saturated carbocycles. The first kappa shape index (κ1) is 18.9. The summed E-state index contributed by atoms with van der Waals surface area (Å²) in [6.45, 7) is 5.11. The number of nitrogens with zero attached hydrogens (tertiary/aromatic N) is 1. The number of methoxy groups -OCH3 is 2. The number of urea groups is 1. The molecule has 2 rings (SSSR count). The molecule has 0 spiro atoms. The molecule has 25 heavy (non-hydrogen) atoms. The molecule has 1 aromatic rings. The third-order valence-corrected chi connectivity index (χ3v) is 4.18. The number of amides is 3. The molecule has 0 aliphatic carbocycles. The number of benzene rings is 1. The number of carbonyl (C=O) groups excluding carboxylic acids is 2. The molecule has 1 aliphatic rings. The Hall–Kier alpha value is -2.44. The average Bonchev–Trinajstić information content (AvgIpc) is 2.60. The number of carbonyl (C=O) groups is 2. The fourth-order valence-electron chi connectivity index (χ4n) is 2.90. The molecule has 1 aromatic carbocycles. The second kappa shape index (κ2) is 8.60. The van der Waals surface area contributed by atoms with Crippen LogP contribution in [0.4, 0.5) is 4.79 Å². The minimum absolute atomic E-state index is 0.0187. The van der Waals surface area contributed by atoms with Crippen molar-refractivity contribution < 1.29 is 19.1 Å². The number of likely N-dealkylation sites (tertiary alicyclic amines) is 1. The first-order valence-corrected chi connectivity index (χ1v) is 8.53. The van der Waals surface area contributed by atoms with Crippen molar-refractivity contribution in [2.75, 3.05) is 27.3 Å². The Kier molecular flexibility index (Phi) is 6.50. The van der Waals surface area contributed by atoms with Crippen molar-refractivity contribution in [3.8, 4) is 11.5 Å². The predicted molar refractivity (Wildman–Crippen MR) is 95.3 cm³/mol. The molecular formula is C18H27N3O4. The van der Waals surface area contributed by atoms with E-state index in [-0.39, 0.29) is 24.0 Å². The second-order valence-electron chi connectivity index (χ2n) is 6.38. The van der Waals surface area contributed by atoms with Crippen LogP contribution in [-0.2, 0) is 0 Å². The summed E-state index contributed by atoms with van der Waals surface area (Å²) in [5.74, 6) is 0.732. The number of nitrogens with one attached hydrogen (secondary N) is 2. The van der Waals surface area contributed by atoms with Gasteiger partial charge in [-0.25, -0.2) is 4.79 Å². The van der Waals surface area contributed by atoms with Gasteiger partial charge in [0.25, 0.3) is 5.91 Å². The minimum Gasteiger partial charge on any atom is -0.496 e. The number of hydrogen-bond acceptors (Lipinski definition) is 4. The maximum atomic E-state index is 12.7. The van der Waals surface area contributed by atoms with Crippen molar-refractivity contribution in [2.24, 2.45) is 0 Å². The lowest BCUT2D eigenvalue weighted by molar-refractivity contribution is 0.0911. The van der Waals surface area contributed by atoms with Crippen LogP contribution in [-0.4, -0.2) is 56.2 Å². The van der Waals surface area contributed by atoms with Gasteiger partial charge < -0.3 is 25.0 Å². The van der Waals surface area contributed by atoms with E-state index in [1.54, 1.807) is 23.1 Å². The Balaban J connectivity index is 1.96.